The molecule has 2 aliphatic rings. The first-order valence-corrected chi connectivity index (χ1v) is 9.07. The summed E-state index contributed by atoms with van der Waals surface area (Å²) in [5.74, 6) is -0.189. The second-order valence-corrected chi connectivity index (χ2v) is 7.33. The van der Waals surface area contributed by atoms with Crippen molar-refractivity contribution in [1.82, 2.24) is 10.2 Å². The highest BCUT2D eigenvalue weighted by Crippen LogP contribution is 2.43. The van der Waals surface area contributed by atoms with Gasteiger partial charge in [0.25, 0.3) is 0 Å². The Kier molecular flexibility index (Phi) is 5.58. The normalized spacial score (nSPS) is 23.8. The fourth-order valence-corrected chi connectivity index (χ4v) is 3.98. The maximum absolute atomic E-state index is 13.1. The van der Waals surface area contributed by atoms with Crippen LogP contribution in [-0.4, -0.2) is 50.2 Å². The highest BCUT2D eigenvalue weighted by molar-refractivity contribution is 5.88. The van der Waals surface area contributed by atoms with Crippen molar-refractivity contribution in [2.75, 3.05) is 33.3 Å². The van der Waals surface area contributed by atoms with Gasteiger partial charge in [0.2, 0.25) is 5.91 Å². The number of alkyl halides is 3. The fourth-order valence-electron chi connectivity index (χ4n) is 3.98. The Hall–Kier alpha value is -1.60. The Morgan fingerprint density at radius 3 is 2.73 bits per heavy atom. The summed E-state index contributed by atoms with van der Waals surface area (Å²) in [6.45, 7) is 2.59. The van der Waals surface area contributed by atoms with Crippen LogP contribution in [0.1, 0.15) is 36.8 Å². The van der Waals surface area contributed by atoms with Gasteiger partial charge in [-0.25, -0.2) is 0 Å². The van der Waals surface area contributed by atoms with Gasteiger partial charge in [-0.2, -0.15) is 13.2 Å². The van der Waals surface area contributed by atoms with Gasteiger partial charge in [-0.05, 0) is 31.5 Å². The van der Waals surface area contributed by atoms with Crippen LogP contribution in [0.15, 0.2) is 24.3 Å². The van der Waals surface area contributed by atoms with Gasteiger partial charge in [-0.1, -0.05) is 31.0 Å². The molecule has 1 aromatic carbocycles. The zero-order valence-electron chi connectivity index (χ0n) is 14.9. The van der Waals surface area contributed by atoms with Crippen molar-refractivity contribution in [2.24, 2.45) is 0 Å². The molecule has 2 fully saturated rings. The lowest BCUT2D eigenvalue weighted by molar-refractivity contribution is -0.138. The molecule has 1 atom stereocenters. The first kappa shape index (κ1) is 19.2. The van der Waals surface area contributed by atoms with Gasteiger partial charge in [0.1, 0.15) is 0 Å². The summed E-state index contributed by atoms with van der Waals surface area (Å²) in [5.41, 5.74) is -1.11. The van der Waals surface area contributed by atoms with Crippen LogP contribution < -0.4 is 5.32 Å². The molecular weight excluding hydrogens is 345 g/mol. The van der Waals surface area contributed by atoms with Gasteiger partial charge in [0.05, 0.1) is 23.7 Å². The van der Waals surface area contributed by atoms with E-state index in [-0.39, 0.29) is 12.0 Å². The number of rotatable bonds is 4. The molecule has 0 bridgehead atoms. The van der Waals surface area contributed by atoms with E-state index in [1.165, 1.54) is 6.07 Å². The van der Waals surface area contributed by atoms with Crippen molar-refractivity contribution < 1.29 is 22.7 Å². The average Bonchev–Trinajstić information content (AvgIpc) is 3.10. The van der Waals surface area contributed by atoms with Crippen molar-refractivity contribution in [2.45, 2.75) is 43.4 Å². The second-order valence-electron chi connectivity index (χ2n) is 7.33. The first-order valence-electron chi connectivity index (χ1n) is 9.07. The fraction of sp³-hybridized carbons (Fsp3) is 0.632. The molecule has 0 aromatic heterocycles. The van der Waals surface area contributed by atoms with Crippen LogP contribution in [0.5, 0.6) is 0 Å². The van der Waals surface area contributed by atoms with Gasteiger partial charge in [0, 0.05) is 19.6 Å². The lowest BCUT2D eigenvalue weighted by atomic mass is 9.77. The SMILES string of the molecule is CN1CCO[C@@H](CNC(=O)C2(c3cccc(C(F)(F)F)c3)CCCC2)C1. The molecule has 1 N–H and O–H groups in total. The Labute approximate surface area is 151 Å². The van der Waals surface area contributed by atoms with E-state index in [4.69, 9.17) is 4.74 Å². The number of nitrogens with zero attached hydrogens (tertiary/aromatic N) is 1. The first-order chi connectivity index (χ1) is 12.3. The van der Waals surface area contributed by atoms with Crippen molar-refractivity contribution in [3.63, 3.8) is 0 Å². The summed E-state index contributed by atoms with van der Waals surface area (Å²) in [7, 11) is 2.00. The molecule has 0 spiro atoms. The smallest absolute Gasteiger partial charge is 0.374 e. The van der Waals surface area contributed by atoms with Crippen LogP contribution >= 0.6 is 0 Å². The molecule has 144 valence electrons. The van der Waals surface area contributed by atoms with E-state index in [1.54, 1.807) is 6.07 Å². The Morgan fingerprint density at radius 1 is 1.35 bits per heavy atom. The van der Waals surface area contributed by atoms with Crippen LogP contribution in [0.3, 0.4) is 0 Å². The lowest BCUT2D eigenvalue weighted by Gasteiger charge is -2.33. The van der Waals surface area contributed by atoms with Crippen LogP contribution in [0.2, 0.25) is 0 Å². The average molecular weight is 370 g/mol. The molecular formula is C19H25F3N2O2. The summed E-state index contributed by atoms with van der Waals surface area (Å²) < 4.78 is 44.9. The number of hydrogen-bond acceptors (Lipinski definition) is 3. The Bertz CT molecular complexity index is 642. The molecule has 1 saturated carbocycles. The summed E-state index contributed by atoms with van der Waals surface area (Å²) >= 11 is 0. The minimum Gasteiger partial charge on any atom is -0.374 e. The third-order valence-corrected chi connectivity index (χ3v) is 5.47. The van der Waals surface area contributed by atoms with Gasteiger partial charge in [-0.15, -0.1) is 0 Å². The minimum atomic E-state index is -4.41. The van der Waals surface area contributed by atoms with Crippen molar-refractivity contribution in [1.29, 1.82) is 0 Å². The monoisotopic (exact) mass is 370 g/mol. The second kappa shape index (κ2) is 7.56. The molecule has 0 radical (unpaired) electrons. The number of carbonyl (C=O) groups excluding carboxylic acids is 1. The number of carbonyl (C=O) groups is 1. The largest absolute Gasteiger partial charge is 0.416 e. The number of morpholine rings is 1. The Morgan fingerprint density at radius 2 is 2.08 bits per heavy atom. The minimum absolute atomic E-state index is 0.0855. The summed E-state index contributed by atoms with van der Waals surface area (Å²) in [5, 5.41) is 2.94. The molecule has 1 aliphatic carbocycles. The van der Waals surface area contributed by atoms with Crippen LogP contribution in [0, 0.1) is 0 Å². The number of halogens is 3. The van der Waals surface area contributed by atoms with Gasteiger partial charge in [0.15, 0.2) is 0 Å². The molecule has 7 heteroatoms. The quantitative estimate of drug-likeness (QED) is 0.886. The molecule has 4 nitrogen and oxygen atoms in total. The van der Waals surface area contributed by atoms with Gasteiger partial charge in [-0.3, -0.25) is 4.79 Å². The van der Waals surface area contributed by atoms with E-state index in [1.807, 2.05) is 7.05 Å². The number of hydrogen-bond donors (Lipinski definition) is 1. The zero-order chi connectivity index (χ0) is 18.8. The number of nitrogens with one attached hydrogen (secondary N) is 1. The van der Waals surface area contributed by atoms with E-state index in [2.05, 4.69) is 10.2 Å². The third kappa shape index (κ3) is 4.04. The highest BCUT2D eigenvalue weighted by atomic mass is 19.4. The Balaban J connectivity index is 1.76. The van der Waals surface area contributed by atoms with Crippen molar-refractivity contribution in [3.05, 3.63) is 35.4 Å². The predicted octanol–water partition coefficient (Wildman–Crippen LogP) is 2.96. The number of amides is 1. The molecule has 1 aliphatic heterocycles. The van der Waals surface area contributed by atoms with E-state index in [0.717, 1.165) is 38.1 Å². The van der Waals surface area contributed by atoms with E-state index in [9.17, 15) is 18.0 Å². The number of ether oxygens (including phenoxy) is 1. The van der Waals surface area contributed by atoms with Gasteiger partial charge < -0.3 is 15.0 Å². The van der Waals surface area contributed by atoms with Crippen LogP contribution in [-0.2, 0) is 21.1 Å². The van der Waals surface area contributed by atoms with Crippen LogP contribution in [0.25, 0.3) is 0 Å². The van der Waals surface area contributed by atoms with Crippen LogP contribution in [0.4, 0.5) is 13.2 Å². The maximum Gasteiger partial charge on any atom is 0.416 e. The molecule has 1 aromatic rings. The molecule has 1 saturated heterocycles. The van der Waals surface area contributed by atoms with Crippen molar-refractivity contribution >= 4 is 5.91 Å². The molecule has 1 heterocycles. The topological polar surface area (TPSA) is 41.6 Å². The zero-order valence-corrected chi connectivity index (χ0v) is 14.9. The van der Waals surface area contributed by atoms with E-state index < -0.39 is 17.2 Å². The summed E-state index contributed by atoms with van der Waals surface area (Å²) in [6.07, 6.45) is -1.67. The number of likely N-dealkylation sites (N-methyl/N-ethyl adjacent to an activating group) is 1. The molecule has 26 heavy (non-hydrogen) atoms. The standard InChI is InChI=1S/C19H25F3N2O2/c1-24-9-10-26-16(13-24)12-23-17(25)18(7-2-3-8-18)14-5-4-6-15(11-14)19(20,21)22/h4-6,11,16H,2-3,7-10,12-13H2,1H3,(H,23,25)/t16-/m0/s1. The molecule has 0 unspecified atom stereocenters. The summed E-state index contributed by atoms with van der Waals surface area (Å²) in [4.78, 5) is 15.1. The highest BCUT2D eigenvalue weighted by Gasteiger charge is 2.44. The number of benzene rings is 1. The lowest BCUT2D eigenvalue weighted by Crippen LogP contribution is -2.49. The maximum atomic E-state index is 13.1. The molecule has 3 rings (SSSR count). The molecule has 1 amide bonds. The third-order valence-electron chi connectivity index (χ3n) is 5.47. The van der Waals surface area contributed by atoms with E-state index >= 15 is 0 Å². The van der Waals surface area contributed by atoms with Gasteiger partial charge >= 0.3 is 6.18 Å². The van der Waals surface area contributed by atoms with Crippen molar-refractivity contribution in [3.8, 4) is 0 Å². The summed E-state index contributed by atoms with van der Waals surface area (Å²) in [6, 6.07) is 5.22. The predicted molar refractivity (Wildman–Crippen MR) is 91.8 cm³/mol. The van der Waals surface area contributed by atoms with E-state index in [0.29, 0.717) is 31.6 Å².